The van der Waals surface area contributed by atoms with Gasteiger partial charge in [-0.2, -0.15) is 0 Å². The maximum Gasteiger partial charge on any atom is 0.141 e. The van der Waals surface area contributed by atoms with Crippen LogP contribution in [0.3, 0.4) is 0 Å². The van der Waals surface area contributed by atoms with Crippen LogP contribution in [0.5, 0.6) is 5.75 Å². The van der Waals surface area contributed by atoms with Crippen LogP contribution in [0.15, 0.2) is 48.7 Å². The van der Waals surface area contributed by atoms with E-state index in [9.17, 15) is 0 Å². The summed E-state index contributed by atoms with van der Waals surface area (Å²) in [6.07, 6.45) is 1.53. The Morgan fingerprint density at radius 2 is 1.94 bits per heavy atom. The highest BCUT2D eigenvalue weighted by molar-refractivity contribution is 5.92. The fourth-order valence-electron chi connectivity index (χ4n) is 1.61. The summed E-state index contributed by atoms with van der Waals surface area (Å²) in [5, 5.41) is 7.26. The average molecular weight is 241 g/mol. The molecule has 0 bridgehead atoms. The number of amidine groups is 1. The van der Waals surface area contributed by atoms with Crippen molar-refractivity contribution in [3.63, 3.8) is 0 Å². The summed E-state index contributed by atoms with van der Waals surface area (Å²) in [5.74, 6) is 0.619. The van der Waals surface area contributed by atoms with Gasteiger partial charge in [-0.1, -0.05) is 30.3 Å². The van der Waals surface area contributed by atoms with Gasteiger partial charge in [0, 0.05) is 0 Å². The first kappa shape index (κ1) is 12.1. The molecule has 18 heavy (non-hydrogen) atoms. The van der Waals surface area contributed by atoms with Crippen LogP contribution in [0.4, 0.5) is 0 Å². The molecular weight excluding hydrogens is 226 g/mol. The fraction of sp³-hybridized carbons (Fsp3) is 0.143. The first-order valence-corrected chi connectivity index (χ1v) is 5.69. The van der Waals surface area contributed by atoms with Crippen LogP contribution in [0, 0.1) is 5.41 Å². The number of nitrogens with one attached hydrogen (secondary N) is 1. The highest BCUT2D eigenvalue weighted by Crippen LogP contribution is 2.20. The van der Waals surface area contributed by atoms with E-state index >= 15 is 0 Å². The second kappa shape index (κ2) is 5.31. The number of nitrogens with two attached hydrogens (primary N) is 1. The number of benzene rings is 1. The molecule has 0 aliphatic heterocycles. The van der Waals surface area contributed by atoms with Crippen molar-refractivity contribution in [3.8, 4) is 5.75 Å². The van der Waals surface area contributed by atoms with E-state index in [0.717, 1.165) is 5.56 Å². The smallest absolute Gasteiger partial charge is 0.141 e. The molecule has 0 aliphatic rings. The maximum atomic E-state index is 7.26. The third-order valence-electron chi connectivity index (χ3n) is 2.59. The van der Waals surface area contributed by atoms with Crippen LogP contribution in [-0.2, 0) is 0 Å². The van der Waals surface area contributed by atoms with E-state index in [1.165, 1.54) is 0 Å². The van der Waals surface area contributed by atoms with Crippen LogP contribution >= 0.6 is 0 Å². The van der Waals surface area contributed by atoms with Crippen LogP contribution < -0.4 is 10.5 Å². The molecule has 0 aliphatic carbocycles. The summed E-state index contributed by atoms with van der Waals surface area (Å²) in [4.78, 5) is 4.05. The first-order chi connectivity index (χ1) is 8.66. The molecule has 1 atom stereocenters. The molecule has 4 heteroatoms. The zero-order valence-electron chi connectivity index (χ0n) is 10.1. The molecule has 2 rings (SSSR count). The highest BCUT2D eigenvalue weighted by Gasteiger charge is 2.07. The zero-order valence-corrected chi connectivity index (χ0v) is 10.1. The predicted molar refractivity (Wildman–Crippen MR) is 70.7 cm³/mol. The summed E-state index contributed by atoms with van der Waals surface area (Å²) in [6.45, 7) is 1.98. The van der Waals surface area contributed by atoms with Crippen molar-refractivity contribution in [2.75, 3.05) is 0 Å². The summed E-state index contributed by atoms with van der Waals surface area (Å²) in [7, 11) is 0. The topological polar surface area (TPSA) is 72.0 Å². The average Bonchev–Trinajstić information content (AvgIpc) is 2.40. The summed E-state index contributed by atoms with van der Waals surface area (Å²) >= 11 is 0. The monoisotopic (exact) mass is 241 g/mol. The van der Waals surface area contributed by atoms with E-state index in [-0.39, 0.29) is 11.9 Å². The number of hydrogen-bond acceptors (Lipinski definition) is 3. The summed E-state index contributed by atoms with van der Waals surface area (Å²) in [6, 6.07) is 13.4. The number of nitrogen functional groups attached to an aromatic ring is 1. The fourth-order valence-corrected chi connectivity index (χ4v) is 1.61. The molecule has 1 aromatic heterocycles. The molecule has 0 saturated carbocycles. The minimum absolute atomic E-state index is 0.0438. The SMILES string of the molecule is CC(Oc1ccc(C(=N)N)nc1)c1ccccc1. The van der Waals surface area contributed by atoms with Crippen LogP contribution in [-0.4, -0.2) is 10.8 Å². The van der Waals surface area contributed by atoms with Gasteiger partial charge in [-0.25, -0.2) is 4.98 Å². The lowest BCUT2D eigenvalue weighted by atomic mass is 10.1. The van der Waals surface area contributed by atoms with Gasteiger partial charge in [0.2, 0.25) is 0 Å². The molecule has 1 heterocycles. The Morgan fingerprint density at radius 1 is 1.22 bits per heavy atom. The number of hydrogen-bond donors (Lipinski definition) is 2. The van der Waals surface area contributed by atoms with Crippen molar-refractivity contribution < 1.29 is 4.74 Å². The van der Waals surface area contributed by atoms with Crippen molar-refractivity contribution in [1.29, 1.82) is 5.41 Å². The van der Waals surface area contributed by atoms with E-state index in [4.69, 9.17) is 15.9 Å². The molecule has 0 fully saturated rings. The largest absolute Gasteiger partial charge is 0.484 e. The number of nitrogens with zero attached hydrogens (tertiary/aromatic N) is 1. The Morgan fingerprint density at radius 3 is 2.50 bits per heavy atom. The highest BCUT2D eigenvalue weighted by atomic mass is 16.5. The lowest BCUT2D eigenvalue weighted by molar-refractivity contribution is 0.226. The van der Waals surface area contributed by atoms with Crippen molar-refractivity contribution in [3.05, 3.63) is 59.9 Å². The minimum atomic E-state index is -0.0452. The molecule has 92 valence electrons. The molecule has 0 spiro atoms. The normalized spacial score (nSPS) is 11.8. The van der Waals surface area contributed by atoms with Crippen molar-refractivity contribution >= 4 is 5.84 Å². The molecule has 1 unspecified atom stereocenters. The Bertz CT molecular complexity index is 522. The van der Waals surface area contributed by atoms with Gasteiger partial charge in [0.1, 0.15) is 23.4 Å². The van der Waals surface area contributed by atoms with Gasteiger partial charge in [-0.3, -0.25) is 5.41 Å². The predicted octanol–water partition coefficient (Wildman–Crippen LogP) is 2.51. The second-order valence-electron chi connectivity index (χ2n) is 3.96. The third kappa shape index (κ3) is 2.85. The van der Waals surface area contributed by atoms with Gasteiger partial charge in [0.25, 0.3) is 0 Å². The Labute approximate surface area is 106 Å². The molecule has 3 N–H and O–H groups in total. The summed E-state index contributed by atoms with van der Waals surface area (Å²) < 4.78 is 5.76. The Balaban J connectivity index is 2.08. The third-order valence-corrected chi connectivity index (χ3v) is 2.59. The molecule has 0 radical (unpaired) electrons. The molecule has 0 amide bonds. The first-order valence-electron chi connectivity index (χ1n) is 5.69. The lowest BCUT2D eigenvalue weighted by Crippen LogP contribution is -2.13. The lowest BCUT2D eigenvalue weighted by Gasteiger charge is -2.14. The van der Waals surface area contributed by atoms with Gasteiger partial charge in [0.05, 0.1) is 6.20 Å². The quantitative estimate of drug-likeness (QED) is 0.638. The standard InChI is InChI=1S/C14H15N3O/c1-10(11-5-3-2-4-6-11)18-12-7-8-13(14(15)16)17-9-12/h2-10H,1H3,(H3,15,16). The zero-order chi connectivity index (χ0) is 13.0. The van der Waals surface area contributed by atoms with Crippen LogP contribution in [0.2, 0.25) is 0 Å². The number of aromatic nitrogens is 1. The molecular formula is C14H15N3O. The van der Waals surface area contributed by atoms with Crippen LogP contribution in [0.25, 0.3) is 0 Å². The molecule has 1 aromatic carbocycles. The minimum Gasteiger partial charge on any atom is -0.484 e. The Kier molecular flexibility index (Phi) is 3.57. The van der Waals surface area contributed by atoms with E-state index in [1.54, 1.807) is 18.3 Å². The van der Waals surface area contributed by atoms with Crippen molar-refractivity contribution in [2.45, 2.75) is 13.0 Å². The van der Waals surface area contributed by atoms with Gasteiger partial charge >= 0.3 is 0 Å². The van der Waals surface area contributed by atoms with Gasteiger partial charge in [0.15, 0.2) is 0 Å². The maximum absolute atomic E-state index is 7.26. The van der Waals surface area contributed by atoms with Crippen LogP contribution in [0.1, 0.15) is 24.3 Å². The second-order valence-corrected chi connectivity index (χ2v) is 3.96. The van der Waals surface area contributed by atoms with E-state index in [0.29, 0.717) is 11.4 Å². The van der Waals surface area contributed by atoms with Gasteiger partial charge < -0.3 is 10.5 Å². The van der Waals surface area contributed by atoms with E-state index < -0.39 is 0 Å². The van der Waals surface area contributed by atoms with Gasteiger partial charge in [-0.05, 0) is 24.6 Å². The molecule has 0 saturated heterocycles. The van der Waals surface area contributed by atoms with Gasteiger partial charge in [-0.15, -0.1) is 0 Å². The van der Waals surface area contributed by atoms with Crippen molar-refractivity contribution in [2.24, 2.45) is 5.73 Å². The van der Waals surface area contributed by atoms with Crippen molar-refractivity contribution in [1.82, 2.24) is 4.98 Å². The van der Waals surface area contributed by atoms with E-state index in [2.05, 4.69) is 4.98 Å². The summed E-state index contributed by atoms with van der Waals surface area (Å²) in [5.41, 5.74) is 6.89. The molecule has 2 aromatic rings. The number of pyridine rings is 1. The Hall–Kier alpha value is -2.36. The number of ether oxygens (including phenoxy) is 1. The number of rotatable bonds is 4. The van der Waals surface area contributed by atoms with E-state index in [1.807, 2.05) is 37.3 Å². The molecule has 4 nitrogen and oxygen atoms in total.